The minimum absolute atomic E-state index is 0.253. The minimum atomic E-state index is -0.421. The number of hydrogen-bond acceptors (Lipinski definition) is 5. The lowest BCUT2D eigenvalue weighted by Crippen LogP contribution is -2.26. The highest BCUT2D eigenvalue weighted by molar-refractivity contribution is 6.00. The number of aromatic amines is 1. The molecular formula is C22H30N2O5. The molecule has 1 amide bonds. The van der Waals surface area contributed by atoms with Crippen molar-refractivity contribution in [2.45, 2.75) is 41.0 Å². The van der Waals surface area contributed by atoms with Crippen molar-refractivity contribution in [1.82, 2.24) is 10.3 Å². The standard InChI is InChI=1S/C22H30N2O5/c1-6-27-17-10-9-16(13-18(17)28-7-2)11-12-23-21(25)20-14(4)19(15(5)24-20)22(26)29-8-3/h9-10,13,24H,6-8,11-12H2,1-5H3,(H,23,25). The largest absolute Gasteiger partial charge is 0.490 e. The fourth-order valence-corrected chi connectivity index (χ4v) is 3.15. The molecule has 1 heterocycles. The van der Waals surface area contributed by atoms with Gasteiger partial charge in [-0.15, -0.1) is 0 Å². The van der Waals surface area contributed by atoms with Gasteiger partial charge in [0.2, 0.25) is 0 Å². The Morgan fingerprint density at radius 3 is 2.34 bits per heavy atom. The summed E-state index contributed by atoms with van der Waals surface area (Å²) < 4.78 is 16.3. The molecule has 1 aromatic carbocycles. The summed E-state index contributed by atoms with van der Waals surface area (Å²) in [6, 6.07) is 5.78. The van der Waals surface area contributed by atoms with Crippen molar-refractivity contribution < 1.29 is 23.8 Å². The average molecular weight is 402 g/mol. The number of rotatable bonds is 10. The molecule has 2 aromatic rings. The molecule has 158 valence electrons. The van der Waals surface area contributed by atoms with Crippen molar-refractivity contribution in [3.8, 4) is 11.5 Å². The number of amides is 1. The van der Waals surface area contributed by atoms with E-state index >= 15 is 0 Å². The number of ether oxygens (including phenoxy) is 3. The van der Waals surface area contributed by atoms with Crippen molar-refractivity contribution in [3.63, 3.8) is 0 Å². The second-order valence-corrected chi connectivity index (χ2v) is 6.50. The van der Waals surface area contributed by atoms with E-state index in [1.807, 2.05) is 32.0 Å². The SMILES string of the molecule is CCOC(=O)c1c(C)[nH]c(C(=O)NCCc2ccc(OCC)c(OCC)c2)c1C. The first-order valence-electron chi connectivity index (χ1n) is 9.95. The molecule has 2 N–H and O–H groups in total. The lowest BCUT2D eigenvalue weighted by molar-refractivity contribution is 0.0525. The molecular weight excluding hydrogens is 372 g/mol. The molecule has 0 saturated carbocycles. The van der Waals surface area contributed by atoms with E-state index in [9.17, 15) is 9.59 Å². The van der Waals surface area contributed by atoms with Gasteiger partial charge in [0.05, 0.1) is 25.4 Å². The minimum Gasteiger partial charge on any atom is -0.490 e. The summed E-state index contributed by atoms with van der Waals surface area (Å²) in [6.45, 7) is 11.0. The van der Waals surface area contributed by atoms with Crippen molar-refractivity contribution in [2.24, 2.45) is 0 Å². The predicted molar refractivity (Wildman–Crippen MR) is 111 cm³/mol. The molecule has 0 fully saturated rings. The van der Waals surface area contributed by atoms with Crippen LogP contribution in [0.1, 0.15) is 58.4 Å². The second kappa shape index (κ2) is 10.5. The molecule has 7 heteroatoms. The van der Waals surface area contributed by atoms with Crippen LogP contribution in [-0.4, -0.2) is 43.2 Å². The highest BCUT2D eigenvalue weighted by atomic mass is 16.5. The van der Waals surface area contributed by atoms with Crippen LogP contribution >= 0.6 is 0 Å². The zero-order valence-corrected chi connectivity index (χ0v) is 17.8. The molecule has 0 aliphatic heterocycles. The van der Waals surface area contributed by atoms with Crippen LogP contribution in [0.25, 0.3) is 0 Å². The molecule has 0 bridgehead atoms. The number of benzene rings is 1. The Labute approximate surface area is 171 Å². The van der Waals surface area contributed by atoms with Crippen LogP contribution in [0.3, 0.4) is 0 Å². The van der Waals surface area contributed by atoms with Gasteiger partial charge in [0.1, 0.15) is 5.69 Å². The second-order valence-electron chi connectivity index (χ2n) is 6.50. The number of H-pyrrole nitrogens is 1. The van der Waals surface area contributed by atoms with E-state index in [0.29, 0.717) is 60.2 Å². The van der Waals surface area contributed by atoms with Gasteiger partial charge < -0.3 is 24.5 Å². The third-order valence-corrected chi connectivity index (χ3v) is 4.45. The maximum atomic E-state index is 12.6. The first-order chi connectivity index (χ1) is 13.9. The van der Waals surface area contributed by atoms with Gasteiger partial charge in [-0.2, -0.15) is 0 Å². The molecule has 29 heavy (non-hydrogen) atoms. The fraction of sp³-hybridized carbons (Fsp3) is 0.455. The topological polar surface area (TPSA) is 89.7 Å². The molecule has 0 radical (unpaired) electrons. The van der Waals surface area contributed by atoms with Gasteiger partial charge in [-0.1, -0.05) is 6.07 Å². The van der Waals surface area contributed by atoms with Gasteiger partial charge in [0.15, 0.2) is 11.5 Å². The molecule has 0 saturated heterocycles. The maximum absolute atomic E-state index is 12.6. The molecule has 0 aliphatic rings. The molecule has 2 rings (SSSR count). The fourth-order valence-electron chi connectivity index (χ4n) is 3.15. The number of aryl methyl sites for hydroxylation is 1. The molecule has 0 unspecified atom stereocenters. The van der Waals surface area contributed by atoms with Gasteiger partial charge in [-0.05, 0) is 64.3 Å². The van der Waals surface area contributed by atoms with Crippen molar-refractivity contribution in [3.05, 3.63) is 46.3 Å². The van der Waals surface area contributed by atoms with Crippen LogP contribution in [0.2, 0.25) is 0 Å². The molecule has 1 aromatic heterocycles. The summed E-state index contributed by atoms with van der Waals surface area (Å²) >= 11 is 0. The van der Waals surface area contributed by atoms with E-state index in [0.717, 1.165) is 5.56 Å². The van der Waals surface area contributed by atoms with E-state index < -0.39 is 5.97 Å². The van der Waals surface area contributed by atoms with Crippen LogP contribution in [0.15, 0.2) is 18.2 Å². The molecule has 0 atom stereocenters. The van der Waals surface area contributed by atoms with E-state index in [1.165, 1.54) is 0 Å². The summed E-state index contributed by atoms with van der Waals surface area (Å²) in [6.07, 6.45) is 0.641. The van der Waals surface area contributed by atoms with E-state index in [2.05, 4.69) is 10.3 Å². The van der Waals surface area contributed by atoms with E-state index in [4.69, 9.17) is 14.2 Å². The number of esters is 1. The van der Waals surface area contributed by atoms with Crippen LogP contribution in [0.4, 0.5) is 0 Å². The highest BCUT2D eigenvalue weighted by Gasteiger charge is 2.22. The quantitative estimate of drug-likeness (QED) is 0.593. The number of carbonyl (C=O) groups excluding carboxylic acids is 2. The van der Waals surface area contributed by atoms with Gasteiger partial charge in [0, 0.05) is 12.2 Å². The Hall–Kier alpha value is -2.96. The van der Waals surface area contributed by atoms with Gasteiger partial charge in [-0.25, -0.2) is 4.79 Å². The summed E-state index contributed by atoms with van der Waals surface area (Å²) in [4.78, 5) is 27.7. The van der Waals surface area contributed by atoms with Crippen LogP contribution in [-0.2, 0) is 11.2 Å². The predicted octanol–water partition coefficient (Wildman–Crippen LogP) is 3.58. The van der Waals surface area contributed by atoms with Crippen molar-refractivity contribution in [2.75, 3.05) is 26.4 Å². The van der Waals surface area contributed by atoms with Gasteiger partial charge >= 0.3 is 5.97 Å². The first kappa shape index (κ1) is 22.3. The van der Waals surface area contributed by atoms with Gasteiger partial charge in [-0.3, -0.25) is 4.79 Å². The van der Waals surface area contributed by atoms with E-state index in [-0.39, 0.29) is 12.5 Å². The normalized spacial score (nSPS) is 10.5. The van der Waals surface area contributed by atoms with Crippen molar-refractivity contribution >= 4 is 11.9 Å². The Morgan fingerprint density at radius 2 is 1.69 bits per heavy atom. The zero-order chi connectivity index (χ0) is 21.4. The first-order valence-corrected chi connectivity index (χ1v) is 9.95. The van der Waals surface area contributed by atoms with Crippen LogP contribution in [0.5, 0.6) is 11.5 Å². The van der Waals surface area contributed by atoms with Crippen LogP contribution in [0, 0.1) is 13.8 Å². The zero-order valence-electron chi connectivity index (χ0n) is 17.8. The third kappa shape index (κ3) is 5.53. The Morgan fingerprint density at radius 1 is 1.00 bits per heavy atom. The third-order valence-electron chi connectivity index (χ3n) is 4.45. The Kier molecular flexibility index (Phi) is 8.12. The summed E-state index contributed by atoms with van der Waals surface area (Å²) in [5, 5.41) is 2.90. The Balaban J connectivity index is 2.02. The molecule has 7 nitrogen and oxygen atoms in total. The lowest BCUT2D eigenvalue weighted by atomic mass is 10.1. The summed E-state index contributed by atoms with van der Waals surface area (Å²) in [7, 11) is 0. The number of nitrogens with one attached hydrogen (secondary N) is 2. The molecule has 0 aliphatic carbocycles. The van der Waals surface area contributed by atoms with Crippen molar-refractivity contribution in [1.29, 1.82) is 0 Å². The monoisotopic (exact) mass is 402 g/mol. The lowest BCUT2D eigenvalue weighted by Gasteiger charge is -2.12. The highest BCUT2D eigenvalue weighted by Crippen LogP contribution is 2.28. The summed E-state index contributed by atoms with van der Waals surface area (Å²) in [5.74, 6) is 0.743. The van der Waals surface area contributed by atoms with Gasteiger partial charge in [0.25, 0.3) is 5.91 Å². The Bertz CT molecular complexity index is 857. The number of carbonyl (C=O) groups is 2. The van der Waals surface area contributed by atoms with Crippen LogP contribution < -0.4 is 14.8 Å². The van der Waals surface area contributed by atoms with E-state index in [1.54, 1.807) is 20.8 Å². The summed E-state index contributed by atoms with van der Waals surface area (Å²) in [5.41, 5.74) is 3.05. The number of aromatic nitrogens is 1. The number of hydrogen-bond donors (Lipinski definition) is 2. The molecule has 0 spiro atoms. The average Bonchev–Trinajstić information content (AvgIpc) is 2.98. The smallest absolute Gasteiger partial charge is 0.340 e. The maximum Gasteiger partial charge on any atom is 0.340 e.